The lowest BCUT2D eigenvalue weighted by atomic mass is 10.2. The summed E-state index contributed by atoms with van der Waals surface area (Å²) < 4.78 is 44.3. The first-order chi connectivity index (χ1) is 15.8. The smallest absolute Gasteiger partial charge is 0.240 e. The lowest BCUT2D eigenvalue weighted by molar-refractivity contribution is 0.224. The quantitative estimate of drug-likeness (QED) is 0.411. The van der Waals surface area contributed by atoms with Crippen LogP contribution >= 0.6 is 11.3 Å². The fraction of sp³-hybridized carbons (Fsp3) is 0.333. The molecule has 3 aromatic rings. The summed E-state index contributed by atoms with van der Waals surface area (Å²) in [6.45, 7) is 3.61. The fourth-order valence-electron chi connectivity index (χ4n) is 3.35. The molecule has 0 spiro atoms. The van der Waals surface area contributed by atoms with Gasteiger partial charge in [0.25, 0.3) is 0 Å². The standard InChI is InChI=1S/C24H30N2O5S2/c1-18(14-25-33(27,28)22-8-9-23(29-3)24(13-22)30-4)31-21-7-5-6-19(12-21)15-26(2)16-20-10-11-32-17-20/h5-13,17-18,25H,14-16H2,1-4H3. The Bertz CT molecular complexity index is 1130. The van der Waals surface area contributed by atoms with Crippen LogP contribution in [0.4, 0.5) is 0 Å². The molecule has 1 N–H and O–H groups in total. The Morgan fingerprint density at radius 1 is 1.00 bits per heavy atom. The Morgan fingerprint density at radius 2 is 1.76 bits per heavy atom. The van der Waals surface area contributed by atoms with Gasteiger partial charge in [-0.3, -0.25) is 4.90 Å². The highest BCUT2D eigenvalue weighted by molar-refractivity contribution is 7.89. The number of rotatable bonds is 12. The van der Waals surface area contributed by atoms with Gasteiger partial charge in [-0.05, 0) is 66.2 Å². The molecule has 33 heavy (non-hydrogen) atoms. The van der Waals surface area contributed by atoms with E-state index in [4.69, 9.17) is 14.2 Å². The van der Waals surface area contributed by atoms with E-state index < -0.39 is 10.0 Å². The first-order valence-electron chi connectivity index (χ1n) is 10.5. The molecule has 0 saturated heterocycles. The second-order valence-corrected chi connectivity index (χ2v) is 10.3. The van der Waals surface area contributed by atoms with E-state index in [1.54, 1.807) is 17.4 Å². The second kappa shape index (κ2) is 11.5. The van der Waals surface area contributed by atoms with Crippen molar-refractivity contribution in [1.82, 2.24) is 9.62 Å². The monoisotopic (exact) mass is 490 g/mol. The summed E-state index contributed by atoms with van der Waals surface area (Å²) in [5.41, 5.74) is 2.42. The minimum Gasteiger partial charge on any atom is -0.493 e. The minimum atomic E-state index is -3.73. The molecule has 0 bridgehead atoms. The van der Waals surface area contributed by atoms with Crippen molar-refractivity contribution >= 4 is 21.4 Å². The van der Waals surface area contributed by atoms with E-state index in [0.717, 1.165) is 18.7 Å². The van der Waals surface area contributed by atoms with Crippen LogP contribution in [0.15, 0.2) is 64.2 Å². The molecule has 1 aromatic heterocycles. The lowest BCUT2D eigenvalue weighted by Crippen LogP contribution is -2.33. The number of benzene rings is 2. The highest BCUT2D eigenvalue weighted by Gasteiger charge is 2.18. The van der Waals surface area contributed by atoms with Gasteiger partial charge in [0.1, 0.15) is 11.9 Å². The number of methoxy groups -OCH3 is 2. The van der Waals surface area contributed by atoms with Crippen molar-refractivity contribution in [1.29, 1.82) is 0 Å². The molecule has 0 aliphatic heterocycles. The van der Waals surface area contributed by atoms with Gasteiger partial charge in [-0.25, -0.2) is 13.1 Å². The average Bonchev–Trinajstić information content (AvgIpc) is 3.30. The van der Waals surface area contributed by atoms with Gasteiger partial charge in [0.2, 0.25) is 10.0 Å². The van der Waals surface area contributed by atoms with Gasteiger partial charge >= 0.3 is 0 Å². The predicted octanol–water partition coefficient (Wildman–Crippen LogP) is 4.14. The van der Waals surface area contributed by atoms with Crippen molar-refractivity contribution in [2.45, 2.75) is 31.0 Å². The number of ether oxygens (including phenoxy) is 3. The molecule has 2 aromatic carbocycles. The summed E-state index contributed by atoms with van der Waals surface area (Å²) in [5.74, 6) is 1.52. The summed E-state index contributed by atoms with van der Waals surface area (Å²) in [4.78, 5) is 2.34. The molecule has 9 heteroatoms. The molecule has 1 unspecified atom stereocenters. The van der Waals surface area contributed by atoms with Gasteiger partial charge in [-0.1, -0.05) is 12.1 Å². The summed E-state index contributed by atoms with van der Waals surface area (Å²) in [6, 6.07) is 14.5. The van der Waals surface area contributed by atoms with Crippen LogP contribution in [0, 0.1) is 0 Å². The zero-order valence-electron chi connectivity index (χ0n) is 19.3. The van der Waals surface area contributed by atoms with Gasteiger partial charge in [-0.15, -0.1) is 0 Å². The molecule has 1 atom stereocenters. The molecule has 178 valence electrons. The normalized spacial score (nSPS) is 12.5. The van der Waals surface area contributed by atoms with E-state index in [1.807, 2.05) is 25.1 Å². The Hall–Kier alpha value is -2.59. The maximum atomic E-state index is 12.7. The minimum absolute atomic E-state index is 0.100. The van der Waals surface area contributed by atoms with Crippen molar-refractivity contribution in [2.75, 3.05) is 27.8 Å². The van der Waals surface area contributed by atoms with Crippen molar-refractivity contribution in [2.24, 2.45) is 0 Å². The van der Waals surface area contributed by atoms with E-state index in [1.165, 1.54) is 31.9 Å². The van der Waals surface area contributed by atoms with Gasteiger partial charge in [0.15, 0.2) is 11.5 Å². The highest BCUT2D eigenvalue weighted by Crippen LogP contribution is 2.29. The van der Waals surface area contributed by atoms with Crippen molar-refractivity contribution in [3.8, 4) is 17.2 Å². The molecule has 0 aliphatic carbocycles. The van der Waals surface area contributed by atoms with Crippen LogP contribution in [0.25, 0.3) is 0 Å². The summed E-state index contributed by atoms with van der Waals surface area (Å²) in [6.07, 6.45) is -0.362. The number of thiophene rings is 1. The van der Waals surface area contributed by atoms with Crippen molar-refractivity contribution in [3.63, 3.8) is 0 Å². The highest BCUT2D eigenvalue weighted by atomic mass is 32.2. The Morgan fingerprint density at radius 3 is 2.45 bits per heavy atom. The van der Waals surface area contributed by atoms with Crippen LogP contribution in [0.3, 0.4) is 0 Å². The number of nitrogens with zero attached hydrogens (tertiary/aromatic N) is 1. The Balaban J connectivity index is 1.56. The summed E-state index contributed by atoms with van der Waals surface area (Å²) in [5, 5.41) is 4.24. The summed E-state index contributed by atoms with van der Waals surface area (Å²) in [7, 11) is 1.32. The van der Waals surface area contributed by atoms with Gasteiger partial charge in [0, 0.05) is 25.7 Å². The van der Waals surface area contributed by atoms with Crippen LogP contribution in [0.2, 0.25) is 0 Å². The molecule has 7 nitrogen and oxygen atoms in total. The maximum Gasteiger partial charge on any atom is 0.240 e. The summed E-state index contributed by atoms with van der Waals surface area (Å²) >= 11 is 1.70. The van der Waals surface area contributed by atoms with Gasteiger partial charge in [0.05, 0.1) is 19.1 Å². The Labute approximate surface area is 200 Å². The number of sulfonamides is 1. The van der Waals surface area contributed by atoms with Crippen molar-refractivity contribution < 1.29 is 22.6 Å². The van der Waals surface area contributed by atoms with E-state index in [-0.39, 0.29) is 17.5 Å². The maximum absolute atomic E-state index is 12.7. The van der Waals surface area contributed by atoms with Gasteiger partial charge in [-0.2, -0.15) is 11.3 Å². The van der Waals surface area contributed by atoms with Crippen LogP contribution < -0.4 is 18.9 Å². The average molecular weight is 491 g/mol. The molecule has 3 rings (SSSR count). The SMILES string of the molecule is COc1ccc(S(=O)(=O)NCC(C)Oc2cccc(CN(C)Cc3ccsc3)c2)cc1OC. The molecule has 0 aliphatic rings. The third-order valence-electron chi connectivity index (χ3n) is 4.95. The molecule has 1 heterocycles. The number of hydrogen-bond acceptors (Lipinski definition) is 7. The second-order valence-electron chi connectivity index (χ2n) is 7.75. The molecular formula is C24H30N2O5S2. The predicted molar refractivity (Wildman–Crippen MR) is 131 cm³/mol. The van der Waals surface area contributed by atoms with E-state index in [0.29, 0.717) is 17.2 Å². The molecule has 0 amide bonds. The van der Waals surface area contributed by atoms with E-state index in [2.05, 4.69) is 39.6 Å². The number of nitrogens with one attached hydrogen (secondary N) is 1. The number of hydrogen-bond donors (Lipinski definition) is 1. The first-order valence-corrected chi connectivity index (χ1v) is 12.9. The van der Waals surface area contributed by atoms with Crippen LogP contribution in [-0.2, 0) is 23.1 Å². The van der Waals surface area contributed by atoms with E-state index in [9.17, 15) is 8.42 Å². The van der Waals surface area contributed by atoms with Crippen LogP contribution in [0.1, 0.15) is 18.1 Å². The Kier molecular flexibility index (Phi) is 8.74. The molecule has 0 fully saturated rings. The largest absolute Gasteiger partial charge is 0.493 e. The van der Waals surface area contributed by atoms with Crippen LogP contribution in [-0.4, -0.2) is 47.2 Å². The zero-order valence-corrected chi connectivity index (χ0v) is 20.9. The lowest BCUT2D eigenvalue weighted by Gasteiger charge is -2.19. The van der Waals surface area contributed by atoms with Crippen LogP contribution in [0.5, 0.6) is 17.2 Å². The molecular weight excluding hydrogens is 460 g/mol. The van der Waals surface area contributed by atoms with Gasteiger partial charge < -0.3 is 14.2 Å². The fourth-order valence-corrected chi connectivity index (χ4v) is 5.14. The molecule has 0 radical (unpaired) electrons. The topological polar surface area (TPSA) is 77.1 Å². The third kappa shape index (κ3) is 7.20. The van der Waals surface area contributed by atoms with Crippen molar-refractivity contribution in [3.05, 3.63) is 70.4 Å². The molecule has 0 saturated carbocycles. The zero-order chi connectivity index (χ0) is 23.8. The first kappa shape index (κ1) is 25.0. The third-order valence-corrected chi connectivity index (χ3v) is 7.10. The van der Waals surface area contributed by atoms with E-state index >= 15 is 0 Å².